The van der Waals surface area contributed by atoms with Gasteiger partial charge in [0.25, 0.3) is 0 Å². The molecule has 0 aliphatic heterocycles. The molecule has 17 heavy (non-hydrogen) atoms. The second kappa shape index (κ2) is 4.56. The Hall–Kier alpha value is -1.86. The van der Waals surface area contributed by atoms with Gasteiger partial charge in [-0.2, -0.15) is 4.98 Å². The molecular weight excluding hydrogens is 232 g/mol. The zero-order chi connectivity index (χ0) is 12.4. The summed E-state index contributed by atoms with van der Waals surface area (Å²) in [6.45, 7) is -0.413. The molecule has 0 spiro atoms. The summed E-state index contributed by atoms with van der Waals surface area (Å²) in [4.78, 5) is 3.88. The van der Waals surface area contributed by atoms with Crippen LogP contribution in [0.1, 0.15) is 11.5 Å². The van der Waals surface area contributed by atoms with Crippen LogP contribution < -0.4 is 5.73 Å². The lowest BCUT2D eigenvalue weighted by molar-refractivity contribution is 0.281. The number of nitrogens with two attached hydrogens (primary N) is 1. The first-order valence-corrected chi connectivity index (χ1v) is 4.77. The third-order valence-electron chi connectivity index (χ3n) is 2.20. The van der Waals surface area contributed by atoms with Crippen molar-refractivity contribution in [3.05, 3.63) is 35.2 Å². The molecule has 0 aliphatic rings. The van der Waals surface area contributed by atoms with Crippen LogP contribution in [0.4, 0.5) is 8.78 Å². The second-order valence-electron chi connectivity index (χ2n) is 3.30. The maximum Gasteiger partial charge on any atom is 0.240 e. The van der Waals surface area contributed by atoms with Crippen molar-refractivity contribution < 1.29 is 18.4 Å². The average Bonchev–Trinajstić information content (AvgIpc) is 2.80. The number of hydrogen-bond acceptors (Lipinski definition) is 5. The van der Waals surface area contributed by atoms with Gasteiger partial charge in [0.1, 0.15) is 0 Å². The average molecular weight is 241 g/mol. The lowest BCUT2D eigenvalue weighted by atomic mass is 10.1. The third kappa shape index (κ3) is 2.15. The van der Waals surface area contributed by atoms with Crippen molar-refractivity contribution in [1.29, 1.82) is 0 Å². The van der Waals surface area contributed by atoms with Crippen LogP contribution in [0, 0.1) is 11.6 Å². The van der Waals surface area contributed by atoms with E-state index in [0.29, 0.717) is 0 Å². The summed E-state index contributed by atoms with van der Waals surface area (Å²) in [5.74, 6) is -1.85. The van der Waals surface area contributed by atoms with Gasteiger partial charge in [0.15, 0.2) is 11.6 Å². The van der Waals surface area contributed by atoms with E-state index in [1.54, 1.807) is 0 Å². The van der Waals surface area contributed by atoms with E-state index < -0.39 is 18.2 Å². The van der Waals surface area contributed by atoms with E-state index in [2.05, 4.69) is 10.1 Å². The zero-order valence-electron chi connectivity index (χ0n) is 8.65. The molecule has 0 radical (unpaired) electrons. The fourth-order valence-corrected chi connectivity index (χ4v) is 1.37. The molecular formula is C10H9F2N3O2. The van der Waals surface area contributed by atoms with Crippen molar-refractivity contribution >= 4 is 0 Å². The van der Waals surface area contributed by atoms with Crippen LogP contribution in [0.5, 0.6) is 0 Å². The number of nitrogens with zero attached hydrogens (tertiary/aromatic N) is 2. The quantitative estimate of drug-likeness (QED) is 0.836. The molecule has 1 heterocycles. The second-order valence-corrected chi connectivity index (χ2v) is 3.30. The van der Waals surface area contributed by atoms with Crippen molar-refractivity contribution in [2.75, 3.05) is 0 Å². The first kappa shape index (κ1) is 11.6. The van der Waals surface area contributed by atoms with Gasteiger partial charge in [-0.05, 0) is 17.7 Å². The van der Waals surface area contributed by atoms with E-state index >= 15 is 0 Å². The number of hydrogen-bond donors (Lipinski definition) is 2. The van der Waals surface area contributed by atoms with Crippen molar-refractivity contribution in [2.24, 2.45) is 5.73 Å². The smallest absolute Gasteiger partial charge is 0.240 e. The molecule has 0 fully saturated rings. The van der Waals surface area contributed by atoms with Gasteiger partial charge in [-0.15, -0.1) is 0 Å². The van der Waals surface area contributed by atoms with E-state index in [1.165, 1.54) is 0 Å². The van der Waals surface area contributed by atoms with Crippen LogP contribution >= 0.6 is 0 Å². The summed E-state index contributed by atoms with van der Waals surface area (Å²) in [6.07, 6.45) is 0. The molecule has 5 nitrogen and oxygen atoms in total. The fourth-order valence-electron chi connectivity index (χ4n) is 1.37. The van der Waals surface area contributed by atoms with Crippen LogP contribution in [0.3, 0.4) is 0 Å². The van der Waals surface area contributed by atoms with Crippen molar-refractivity contribution in [1.82, 2.24) is 10.1 Å². The maximum absolute atomic E-state index is 13.1. The van der Waals surface area contributed by atoms with E-state index in [-0.39, 0.29) is 29.4 Å². The molecule has 0 saturated heterocycles. The molecule has 7 heteroatoms. The normalized spacial score (nSPS) is 10.8. The highest BCUT2D eigenvalue weighted by Crippen LogP contribution is 2.24. The van der Waals surface area contributed by atoms with Crippen LogP contribution in [0.25, 0.3) is 11.4 Å². The van der Waals surface area contributed by atoms with Gasteiger partial charge in [-0.3, -0.25) is 0 Å². The lowest BCUT2D eigenvalue weighted by Gasteiger charge is -2.03. The SMILES string of the molecule is NCc1nc(-c2cc(F)c(F)cc2CO)no1. The lowest BCUT2D eigenvalue weighted by Crippen LogP contribution is -1.98. The topological polar surface area (TPSA) is 85.2 Å². The summed E-state index contributed by atoms with van der Waals surface area (Å²) in [5, 5.41) is 12.6. The molecule has 0 bridgehead atoms. The van der Waals surface area contributed by atoms with Gasteiger partial charge in [0.2, 0.25) is 11.7 Å². The highest BCUT2D eigenvalue weighted by molar-refractivity contribution is 5.59. The number of aromatic nitrogens is 2. The first-order valence-electron chi connectivity index (χ1n) is 4.77. The Kier molecular flexibility index (Phi) is 3.12. The summed E-state index contributed by atoms with van der Waals surface area (Å²) >= 11 is 0. The van der Waals surface area contributed by atoms with Crippen LogP contribution in [-0.4, -0.2) is 15.2 Å². The Bertz CT molecular complexity index is 542. The molecule has 2 aromatic rings. The summed E-state index contributed by atoms with van der Waals surface area (Å²) in [6, 6.07) is 1.80. The molecule has 1 aromatic carbocycles. The van der Waals surface area contributed by atoms with E-state index in [1.807, 2.05) is 0 Å². The Morgan fingerprint density at radius 3 is 2.59 bits per heavy atom. The number of aliphatic hydroxyl groups is 1. The van der Waals surface area contributed by atoms with Crippen LogP contribution in [0.15, 0.2) is 16.7 Å². The fraction of sp³-hybridized carbons (Fsp3) is 0.200. The molecule has 0 amide bonds. The number of benzene rings is 1. The summed E-state index contributed by atoms with van der Waals surface area (Å²) < 4.78 is 30.8. The minimum Gasteiger partial charge on any atom is -0.392 e. The predicted molar refractivity (Wildman–Crippen MR) is 53.5 cm³/mol. The minimum absolute atomic E-state index is 0.0468. The minimum atomic E-state index is -1.05. The Labute approximate surface area is 94.9 Å². The number of halogens is 2. The summed E-state index contributed by atoms with van der Waals surface area (Å²) in [7, 11) is 0. The highest BCUT2D eigenvalue weighted by atomic mass is 19.2. The van der Waals surface area contributed by atoms with Crippen molar-refractivity contribution in [3.63, 3.8) is 0 Å². The van der Waals surface area contributed by atoms with E-state index in [9.17, 15) is 8.78 Å². The van der Waals surface area contributed by atoms with Crippen molar-refractivity contribution in [3.8, 4) is 11.4 Å². The maximum atomic E-state index is 13.1. The molecule has 1 aromatic heterocycles. The number of aliphatic hydroxyl groups excluding tert-OH is 1. The van der Waals surface area contributed by atoms with Crippen LogP contribution in [-0.2, 0) is 13.2 Å². The molecule has 0 unspecified atom stereocenters. The van der Waals surface area contributed by atoms with Gasteiger partial charge < -0.3 is 15.4 Å². The van der Waals surface area contributed by atoms with Crippen LogP contribution in [0.2, 0.25) is 0 Å². The van der Waals surface area contributed by atoms with Gasteiger partial charge >= 0.3 is 0 Å². The summed E-state index contributed by atoms with van der Waals surface area (Å²) in [5.41, 5.74) is 5.64. The van der Waals surface area contributed by atoms with Gasteiger partial charge in [-0.1, -0.05) is 5.16 Å². The van der Waals surface area contributed by atoms with Gasteiger partial charge in [0.05, 0.1) is 13.2 Å². The molecule has 2 rings (SSSR count). The largest absolute Gasteiger partial charge is 0.392 e. The standard InChI is InChI=1S/C10H9F2N3O2/c11-7-1-5(4-16)6(2-8(7)12)10-14-9(3-13)17-15-10/h1-2,16H,3-4,13H2. The monoisotopic (exact) mass is 241 g/mol. The van der Waals surface area contributed by atoms with Crippen molar-refractivity contribution in [2.45, 2.75) is 13.2 Å². The first-order chi connectivity index (χ1) is 8.15. The predicted octanol–water partition coefficient (Wildman–Crippen LogP) is 0.966. The van der Waals surface area contributed by atoms with Gasteiger partial charge in [0, 0.05) is 5.56 Å². The zero-order valence-corrected chi connectivity index (χ0v) is 8.65. The Morgan fingerprint density at radius 2 is 2.00 bits per heavy atom. The molecule has 0 aliphatic carbocycles. The molecule has 3 N–H and O–H groups in total. The molecule has 0 atom stereocenters. The van der Waals surface area contributed by atoms with E-state index in [0.717, 1.165) is 12.1 Å². The third-order valence-corrected chi connectivity index (χ3v) is 2.20. The molecule has 90 valence electrons. The molecule has 0 saturated carbocycles. The van der Waals surface area contributed by atoms with Gasteiger partial charge in [-0.25, -0.2) is 8.78 Å². The Morgan fingerprint density at radius 1 is 1.29 bits per heavy atom. The van der Waals surface area contributed by atoms with E-state index in [4.69, 9.17) is 15.4 Å². The number of rotatable bonds is 3. The highest BCUT2D eigenvalue weighted by Gasteiger charge is 2.15. The Balaban J connectivity index is 2.53.